The number of carbonyl (C=O) groups excluding carboxylic acids is 1. The minimum atomic E-state index is -2.95. The molecule has 0 aliphatic heterocycles. The Bertz CT molecular complexity index is 720. The van der Waals surface area contributed by atoms with E-state index in [1.54, 1.807) is 26.1 Å². The second-order valence-corrected chi connectivity index (χ2v) is 5.26. The molecule has 25 heavy (non-hydrogen) atoms. The van der Waals surface area contributed by atoms with Gasteiger partial charge in [0.05, 0.1) is 6.61 Å². The summed E-state index contributed by atoms with van der Waals surface area (Å²) >= 11 is 0. The first-order valence-corrected chi connectivity index (χ1v) is 7.62. The van der Waals surface area contributed by atoms with E-state index < -0.39 is 12.4 Å². The lowest BCUT2D eigenvalue weighted by Gasteiger charge is -2.19. The number of rotatable bonds is 7. The van der Waals surface area contributed by atoms with E-state index in [-0.39, 0.29) is 30.6 Å². The van der Waals surface area contributed by atoms with E-state index in [0.29, 0.717) is 11.1 Å². The number of alkyl halides is 2. The Balaban J connectivity index is 2.14. The third kappa shape index (κ3) is 5.14. The van der Waals surface area contributed by atoms with Gasteiger partial charge in [0.25, 0.3) is 5.91 Å². The molecule has 0 aromatic heterocycles. The van der Waals surface area contributed by atoms with Crippen LogP contribution in [0.1, 0.15) is 22.8 Å². The molecule has 0 radical (unpaired) electrons. The van der Waals surface area contributed by atoms with Crippen molar-refractivity contribution in [3.63, 3.8) is 0 Å². The second kappa shape index (κ2) is 8.41. The lowest BCUT2D eigenvalue weighted by molar-refractivity contribution is -0.0514. The molecule has 0 aliphatic carbocycles. The molecular weight excluding hydrogens is 335 g/mol. The maximum Gasteiger partial charge on any atom is 0.387 e. The quantitative estimate of drug-likeness (QED) is 0.752. The van der Waals surface area contributed by atoms with Gasteiger partial charge in [0.15, 0.2) is 11.5 Å². The summed E-state index contributed by atoms with van der Waals surface area (Å²) in [5, 5.41) is 0. The van der Waals surface area contributed by atoms with Gasteiger partial charge in [0.1, 0.15) is 5.82 Å². The zero-order chi connectivity index (χ0) is 18.4. The van der Waals surface area contributed by atoms with Crippen LogP contribution in [0.3, 0.4) is 0 Å². The normalized spacial score (nSPS) is 10.6. The first-order chi connectivity index (χ1) is 11.9. The molecule has 2 aromatic carbocycles. The fourth-order valence-corrected chi connectivity index (χ4v) is 2.27. The van der Waals surface area contributed by atoms with Crippen molar-refractivity contribution >= 4 is 5.91 Å². The predicted molar refractivity (Wildman–Crippen MR) is 86.4 cm³/mol. The highest BCUT2D eigenvalue weighted by Gasteiger charge is 2.15. The van der Waals surface area contributed by atoms with Crippen LogP contribution in [0, 0.1) is 5.82 Å². The van der Waals surface area contributed by atoms with Crippen LogP contribution in [0.4, 0.5) is 13.2 Å². The molecule has 0 unspecified atom stereocenters. The summed E-state index contributed by atoms with van der Waals surface area (Å²) in [5.41, 5.74) is 1.04. The number of hydrogen-bond donors (Lipinski definition) is 0. The first kappa shape index (κ1) is 18.6. The Hall–Kier alpha value is -2.70. The molecule has 0 heterocycles. The Morgan fingerprint density at radius 3 is 2.40 bits per heavy atom. The first-order valence-electron chi connectivity index (χ1n) is 7.62. The van der Waals surface area contributed by atoms with Gasteiger partial charge < -0.3 is 14.4 Å². The maximum atomic E-state index is 12.9. The van der Waals surface area contributed by atoms with Gasteiger partial charge in [0.2, 0.25) is 0 Å². The van der Waals surface area contributed by atoms with Crippen LogP contribution in [-0.4, -0.2) is 31.1 Å². The standard InChI is InChI=1S/C18H18F3NO3/c1-3-24-16-10-12(4-9-15(16)25-18(20)21)11-22(2)17(23)13-5-7-14(19)8-6-13/h4-10,18H,3,11H2,1-2H3. The second-order valence-electron chi connectivity index (χ2n) is 5.26. The molecule has 4 nitrogen and oxygen atoms in total. The monoisotopic (exact) mass is 353 g/mol. The van der Waals surface area contributed by atoms with Gasteiger partial charge in [-0.2, -0.15) is 8.78 Å². The minimum absolute atomic E-state index is 0.0619. The number of amides is 1. The van der Waals surface area contributed by atoms with Gasteiger partial charge in [-0.05, 0) is 48.9 Å². The number of halogens is 3. The molecule has 0 saturated heterocycles. The number of hydrogen-bond acceptors (Lipinski definition) is 3. The van der Waals surface area contributed by atoms with E-state index in [1.165, 1.54) is 35.2 Å². The topological polar surface area (TPSA) is 38.8 Å². The lowest BCUT2D eigenvalue weighted by Crippen LogP contribution is -2.26. The number of carbonyl (C=O) groups is 1. The molecule has 0 spiro atoms. The molecule has 2 rings (SSSR count). The van der Waals surface area contributed by atoms with Crippen molar-refractivity contribution in [2.24, 2.45) is 0 Å². The summed E-state index contributed by atoms with van der Waals surface area (Å²) in [4.78, 5) is 13.8. The van der Waals surface area contributed by atoms with Crippen molar-refractivity contribution in [3.05, 3.63) is 59.4 Å². The van der Waals surface area contributed by atoms with E-state index in [9.17, 15) is 18.0 Å². The number of nitrogens with zero attached hydrogens (tertiary/aromatic N) is 1. The van der Waals surface area contributed by atoms with E-state index in [1.807, 2.05) is 0 Å². The molecule has 0 aliphatic rings. The highest BCUT2D eigenvalue weighted by molar-refractivity contribution is 5.93. The third-order valence-corrected chi connectivity index (χ3v) is 3.38. The number of benzene rings is 2. The van der Waals surface area contributed by atoms with Crippen molar-refractivity contribution in [2.45, 2.75) is 20.1 Å². The van der Waals surface area contributed by atoms with Gasteiger partial charge in [-0.3, -0.25) is 4.79 Å². The fourth-order valence-electron chi connectivity index (χ4n) is 2.27. The highest BCUT2D eigenvalue weighted by Crippen LogP contribution is 2.30. The van der Waals surface area contributed by atoms with E-state index in [2.05, 4.69) is 4.74 Å². The van der Waals surface area contributed by atoms with Gasteiger partial charge in [-0.25, -0.2) is 4.39 Å². The van der Waals surface area contributed by atoms with Gasteiger partial charge >= 0.3 is 6.61 Å². The largest absolute Gasteiger partial charge is 0.490 e. The summed E-state index contributed by atoms with van der Waals surface area (Å²) in [6, 6.07) is 9.74. The zero-order valence-electron chi connectivity index (χ0n) is 13.8. The van der Waals surface area contributed by atoms with Crippen LogP contribution in [-0.2, 0) is 6.54 Å². The van der Waals surface area contributed by atoms with E-state index >= 15 is 0 Å². The van der Waals surface area contributed by atoms with Crippen LogP contribution in [0.2, 0.25) is 0 Å². The maximum absolute atomic E-state index is 12.9. The molecule has 134 valence electrons. The fraction of sp³-hybridized carbons (Fsp3) is 0.278. The third-order valence-electron chi connectivity index (χ3n) is 3.38. The average Bonchev–Trinajstić information content (AvgIpc) is 2.57. The average molecular weight is 353 g/mol. The summed E-state index contributed by atoms with van der Waals surface area (Å²) in [6.45, 7) is -0.713. The van der Waals surface area contributed by atoms with Crippen LogP contribution < -0.4 is 9.47 Å². The van der Waals surface area contributed by atoms with Crippen molar-refractivity contribution in [2.75, 3.05) is 13.7 Å². The highest BCUT2D eigenvalue weighted by atomic mass is 19.3. The molecule has 0 fully saturated rings. The molecule has 0 saturated carbocycles. The predicted octanol–water partition coefficient (Wildman–Crippen LogP) is 4.10. The Morgan fingerprint density at radius 2 is 1.80 bits per heavy atom. The molecule has 2 aromatic rings. The van der Waals surface area contributed by atoms with E-state index in [4.69, 9.17) is 4.74 Å². The van der Waals surface area contributed by atoms with Crippen LogP contribution in [0.15, 0.2) is 42.5 Å². The van der Waals surface area contributed by atoms with Crippen LogP contribution >= 0.6 is 0 Å². The molecule has 7 heteroatoms. The van der Waals surface area contributed by atoms with Crippen molar-refractivity contribution < 1.29 is 27.4 Å². The number of ether oxygens (including phenoxy) is 2. The Labute approximate surface area is 143 Å². The molecule has 1 amide bonds. The lowest BCUT2D eigenvalue weighted by atomic mass is 10.1. The van der Waals surface area contributed by atoms with Crippen molar-refractivity contribution in [1.82, 2.24) is 4.90 Å². The van der Waals surface area contributed by atoms with Gasteiger partial charge in [-0.15, -0.1) is 0 Å². The van der Waals surface area contributed by atoms with Gasteiger partial charge in [0, 0.05) is 19.2 Å². The smallest absolute Gasteiger partial charge is 0.387 e. The molecule has 0 atom stereocenters. The SMILES string of the molecule is CCOc1cc(CN(C)C(=O)c2ccc(F)cc2)ccc1OC(F)F. The van der Waals surface area contributed by atoms with E-state index in [0.717, 1.165) is 0 Å². The zero-order valence-corrected chi connectivity index (χ0v) is 13.8. The Morgan fingerprint density at radius 1 is 1.12 bits per heavy atom. The van der Waals surface area contributed by atoms with Crippen LogP contribution in [0.25, 0.3) is 0 Å². The van der Waals surface area contributed by atoms with Crippen molar-refractivity contribution in [3.8, 4) is 11.5 Å². The summed E-state index contributed by atoms with van der Waals surface area (Å²) in [5.74, 6) is -0.586. The molecule has 0 N–H and O–H groups in total. The van der Waals surface area contributed by atoms with Crippen LogP contribution in [0.5, 0.6) is 11.5 Å². The summed E-state index contributed by atoms with van der Waals surface area (Å²) in [7, 11) is 1.59. The van der Waals surface area contributed by atoms with Crippen molar-refractivity contribution in [1.29, 1.82) is 0 Å². The molecule has 0 bridgehead atoms. The minimum Gasteiger partial charge on any atom is -0.490 e. The molecular formula is C18H18F3NO3. The van der Waals surface area contributed by atoms with Gasteiger partial charge in [-0.1, -0.05) is 6.07 Å². The summed E-state index contributed by atoms with van der Waals surface area (Å²) in [6.07, 6.45) is 0. The summed E-state index contributed by atoms with van der Waals surface area (Å²) < 4.78 is 47.5. The Kier molecular flexibility index (Phi) is 6.27.